The van der Waals surface area contributed by atoms with Crippen LogP contribution >= 0.6 is 11.6 Å². The van der Waals surface area contributed by atoms with Crippen molar-refractivity contribution in [2.45, 2.75) is 31.7 Å². The molecule has 1 aliphatic heterocycles. The Labute approximate surface area is 159 Å². The van der Waals surface area contributed by atoms with Gasteiger partial charge in [-0.3, -0.25) is 4.90 Å². The summed E-state index contributed by atoms with van der Waals surface area (Å²) in [6.07, 6.45) is 0.787. The molecule has 0 radical (unpaired) electrons. The largest absolute Gasteiger partial charge is 0.338 e. The molecule has 142 valence electrons. The number of aromatic nitrogens is 2. The van der Waals surface area contributed by atoms with Crippen LogP contribution < -0.4 is 0 Å². The Kier molecular flexibility index (Phi) is 5.96. The van der Waals surface area contributed by atoms with Crippen LogP contribution in [0, 0.1) is 5.92 Å². The molecule has 7 nitrogen and oxygen atoms in total. The lowest BCUT2D eigenvalue weighted by molar-refractivity contribution is 0.163. The molecule has 0 N–H and O–H groups in total. The third-order valence-electron chi connectivity index (χ3n) is 4.22. The zero-order valence-electron chi connectivity index (χ0n) is 14.9. The Hall–Kier alpha value is -1.48. The minimum absolute atomic E-state index is 0.230. The van der Waals surface area contributed by atoms with Crippen LogP contribution in [0.15, 0.2) is 33.7 Å². The quantitative estimate of drug-likeness (QED) is 0.743. The Bertz CT molecular complexity index is 845. The number of benzene rings is 1. The molecule has 0 unspecified atom stereocenters. The van der Waals surface area contributed by atoms with Crippen molar-refractivity contribution in [1.82, 2.24) is 19.3 Å². The fraction of sp³-hybridized carbons (Fsp3) is 0.529. The first-order valence-corrected chi connectivity index (χ1v) is 10.5. The Balaban J connectivity index is 1.58. The van der Waals surface area contributed by atoms with E-state index in [0.29, 0.717) is 49.6 Å². The number of halogens is 1. The topological polar surface area (TPSA) is 79.5 Å². The molecule has 1 saturated heterocycles. The molecule has 9 heteroatoms. The molecule has 2 heterocycles. The monoisotopic (exact) mass is 398 g/mol. The Morgan fingerprint density at radius 1 is 1.23 bits per heavy atom. The van der Waals surface area contributed by atoms with Crippen molar-refractivity contribution in [1.29, 1.82) is 0 Å². The van der Waals surface area contributed by atoms with Gasteiger partial charge in [-0.25, -0.2) is 8.42 Å². The molecule has 0 amide bonds. The predicted octanol–water partition coefficient (Wildman–Crippen LogP) is 2.43. The molecule has 26 heavy (non-hydrogen) atoms. The molecular formula is C17H23ClN4O3S. The zero-order valence-corrected chi connectivity index (χ0v) is 16.5. The van der Waals surface area contributed by atoms with Gasteiger partial charge in [0.1, 0.15) is 0 Å². The van der Waals surface area contributed by atoms with E-state index >= 15 is 0 Å². The van der Waals surface area contributed by atoms with E-state index in [-0.39, 0.29) is 4.90 Å². The Morgan fingerprint density at radius 2 is 1.96 bits per heavy atom. The summed E-state index contributed by atoms with van der Waals surface area (Å²) < 4.78 is 32.2. The van der Waals surface area contributed by atoms with Crippen molar-refractivity contribution in [2.75, 3.05) is 26.2 Å². The van der Waals surface area contributed by atoms with Gasteiger partial charge in [-0.05, 0) is 24.1 Å². The minimum atomic E-state index is -3.52. The lowest BCUT2D eigenvalue weighted by Gasteiger charge is -2.33. The van der Waals surface area contributed by atoms with Crippen molar-refractivity contribution >= 4 is 21.6 Å². The van der Waals surface area contributed by atoms with Gasteiger partial charge in [0.05, 0.1) is 11.4 Å². The standard InChI is InChI=1S/C17H23ClN4O3S/c1-13(2)10-16-19-17(25-20-16)12-21-6-8-22(9-7-21)26(23,24)15-5-3-4-14(18)11-15/h3-5,11,13H,6-10,12H2,1-2H3. The molecule has 0 bridgehead atoms. The van der Waals surface area contributed by atoms with Crippen molar-refractivity contribution in [2.24, 2.45) is 5.92 Å². The van der Waals surface area contributed by atoms with Gasteiger partial charge < -0.3 is 4.52 Å². The summed E-state index contributed by atoms with van der Waals surface area (Å²) in [6, 6.07) is 6.37. The summed E-state index contributed by atoms with van der Waals surface area (Å²) in [7, 11) is -3.52. The van der Waals surface area contributed by atoms with Crippen LogP contribution in [0.1, 0.15) is 25.6 Å². The lowest BCUT2D eigenvalue weighted by Crippen LogP contribution is -2.48. The van der Waals surface area contributed by atoms with Crippen molar-refractivity contribution < 1.29 is 12.9 Å². The number of hydrogen-bond donors (Lipinski definition) is 0. The zero-order chi connectivity index (χ0) is 18.7. The van der Waals surface area contributed by atoms with E-state index in [1.807, 2.05) is 0 Å². The van der Waals surface area contributed by atoms with Crippen LogP contribution in [0.2, 0.25) is 5.02 Å². The second kappa shape index (κ2) is 8.04. The van der Waals surface area contributed by atoms with Gasteiger partial charge in [0, 0.05) is 37.6 Å². The number of hydrogen-bond acceptors (Lipinski definition) is 6. The van der Waals surface area contributed by atoms with E-state index in [1.165, 1.54) is 10.4 Å². The van der Waals surface area contributed by atoms with E-state index in [9.17, 15) is 8.42 Å². The summed E-state index contributed by atoms with van der Waals surface area (Å²) in [6.45, 7) is 6.81. The van der Waals surface area contributed by atoms with E-state index < -0.39 is 10.0 Å². The average molecular weight is 399 g/mol. The normalized spacial score (nSPS) is 17.1. The van der Waals surface area contributed by atoms with Gasteiger partial charge in [0.2, 0.25) is 15.9 Å². The van der Waals surface area contributed by atoms with Crippen molar-refractivity contribution in [3.05, 3.63) is 41.0 Å². The predicted molar refractivity (Wildman–Crippen MR) is 98.3 cm³/mol. The van der Waals surface area contributed by atoms with Gasteiger partial charge in [-0.2, -0.15) is 9.29 Å². The second-order valence-electron chi connectivity index (χ2n) is 6.84. The van der Waals surface area contributed by atoms with Gasteiger partial charge in [-0.1, -0.05) is 36.7 Å². The average Bonchev–Trinajstić information content (AvgIpc) is 3.01. The van der Waals surface area contributed by atoms with Crippen LogP contribution in [-0.4, -0.2) is 53.9 Å². The number of sulfonamides is 1. The van der Waals surface area contributed by atoms with Crippen molar-refractivity contribution in [3.8, 4) is 0 Å². The van der Waals surface area contributed by atoms with Crippen LogP contribution in [0.4, 0.5) is 0 Å². The summed E-state index contributed by atoms with van der Waals surface area (Å²) in [4.78, 5) is 6.76. The number of piperazine rings is 1. The van der Waals surface area contributed by atoms with Crippen LogP contribution in [-0.2, 0) is 23.0 Å². The fourth-order valence-electron chi connectivity index (χ4n) is 2.90. The Morgan fingerprint density at radius 3 is 2.62 bits per heavy atom. The SMILES string of the molecule is CC(C)Cc1noc(CN2CCN(S(=O)(=O)c3cccc(Cl)c3)CC2)n1. The highest BCUT2D eigenvalue weighted by Crippen LogP contribution is 2.21. The molecule has 0 spiro atoms. The van der Waals surface area contributed by atoms with E-state index in [2.05, 4.69) is 28.9 Å². The molecule has 3 rings (SSSR count). The minimum Gasteiger partial charge on any atom is -0.338 e. The van der Waals surface area contributed by atoms with Gasteiger partial charge in [0.15, 0.2) is 5.82 Å². The highest BCUT2D eigenvalue weighted by molar-refractivity contribution is 7.89. The van der Waals surface area contributed by atoms with Gasteiger partial charge in [0.25, 0.3) is 0 Å². The van der Waals surface area contributed by atoms with Crippen LogP contribution in [0.3, 0.4) is 0 Å². The molecule has 0 atom stereocenters. The summed E-state index contributed by atoms with van der Waals surface area (Å²) in [5, 5.41) is 4.41. The number of nitrogens with zero attached hydrogens (tertiary/aromatic N) is 4. The first-order valence-electron chi connectivity index (χ1n) is 8.64. The summed E-state index contributed by atoms with van der Waals surface area (Å²) in [5.74, 6) is 1.77. The molecule has 1 aromatic carbocycles. The smallest absolute Gasteiger partial charge is 0.243 e. The molecule has 1 aliphatic rings. The fourth-order valence-corrected chi connectivity index (χ4v) is 4.62. The van der Waals surface area contributed by atoms with Crippen molar-refractivity contribution in [3.63, 3.8) is 0 Å². The van der Waals surface area contributed by atoms with Gasteiger partial charge >= 0.3 is 0 Å². The maximum absolute atomic E-state index is 12.7. The lowest BCUT2D eigenvalue weighted by atomic mass is 10.1. The third kappa shape index (κ3) is 4.62. The molecule has 1 fully saturated rings. The third-order valence-corrected chi connectivity index (χ3v) is 6.35. The maximum Gasteiger partial charge on any atom is 0.243 e. The van der Waals surface area contributed by atoms with E-state index in [1.54, 1.807) is 18.2 Å². The van der Waals surface area contributed by atoms with Crippen LogP contribution in [0.5, 0.6) is 0 Å². The molecule has 0 saturated carbocycles. The maximum atomic E-state index is 12.7. The first-order chi connectivity index (χ1) is 12.3. The van der Waals surface area contributed by atoms with E-state index in [0.717, 1.165) is 12.2 Å². The van der Waals surface area contributed by atoms with Gasteiger partial charge in [-0.15, -0.1) is 0 Å². The van der Waals surface area contributed by atoms with E-state index in [4.69, 9.17) is 16.1 Å². The highest BCUT2D eigenvalue weighted by Gasteiger charge is 2.29. The number of rotatable bonds is 6. The summed E-state index contributed by atoms with van der Waals surface area (Å²) in [5.41, 5.74) is 0. The molecular weight excluding hydrogens is 376 g/mol. The second-order valence-corrected chi connectivity index (χ2v) is 9.21. The molecule has 0 aliphatic carbocycles. The first kappa shape index (κ1) is 19.3. The summed E-state index contributed by atoms with van der Waals surface area (Å²) >= 11 is 5.92. The molecule has 2 aromatic rings. The molecule has 1 aromatic heterocycles. The van der Waals surface area contributed by atoms with Crippen LogP contribution in [0.25, 0.3) is 0 Å². The highest BCUT2D eigenvalue weighted by atomic mass is 35.5.